The lowest BCUT2D eigenvalue weighted by molar-refractivity contribution is 0.0100. The van der Waals surface area contributed by atoms with Crippen LogP contribution in [0, 0.1) is 18.6 Å². The summed E-state index contributed by atoms with van der Waals surface area (Å²) in [4.78, 5) is 8.36. The molecule has 0 bridgehead atoms. The smallest absolute Gasteiger partial charge is 0.156 e. The molecular formula is C21H19F3N6O. The SMILES string of the molecule is COC[C@]1(F)CCc2c(-c3c(F)c(C)nc4[nH]ncc34)c(-c3ccc(F)cn3)nn2C1. The van der Waals surface area contributed by atoms with E-state index >= 15 is 8.78 Å². The lowest BCUT2D eigenvalue weighted by atomic mass is 9.90. The lowest BCUT2D eigenvalue weighted by Gasteiger charge is -2.30. The Morgan fingerprint density at radius 1 is 1.23 bits per heavy atom. The molecule has 0 spiro atoms. The van der Waals surface area contributed by atoms with E-state index in [1.165, 1.54) is 25.4 Å². The maximum atomic E-state index is 15.5. The molecule has 5 rings (SSSR count). The monoisotopic (exact) mass is 428 g/mol. The number of aromatic nitrogens is 6. The highest BCUT2D eigenvalue weighted by Crippen LogP contribution is 2.42. The summed E-state index contributed by atoms with van der Waals surface area (Å²) in [6, 6.07) is 2.74. The Kier molecular flexibility index (Phi) is 4.54. The zero-order chi connectivity index (χ0) is 21.8. The van der Waals surface area contributed by atoms with Gasteiger partial charge in [-0.2, -0.15) is 10.2 Å². The van der Waals surface area contributed by atoms with Crippen molar-refractivity contribution in [3.8, 4) is 22.5 Å². The molecule has 0 fully saturated rings. The lowest BCUT2D eigenvalue weighted by Crippen LogP contribution is -2.39. The Bertz CT molecular complexity index is 1280. The van der Waals surface area contributed by atoms with Gasteiger partial charge >= 0.3 is 0 Å². The molecule has 5 heterocycles. The molecule has 0 saturated heterocycles. The average molecular weight is 428 g/mol. The van der Waals surface area contributed by atoms with Gasteiger partial charge in [-0.3, -0.25) is 14.8 Å². The van der Waals surface area contributed by atoms with E-state index in [1.54, 1.807) is 11.6 Å². The standard InChI is InChI=1S/C21H19F3N6O/c1-11-18(23)16(13-8-26-28-20(13)27-11)17-15-5-6-21(24,10-31-2)9-30(15)29-19(17)14-4-3-12(22)7-25-14/h3-4,7-8H,5-6,9-10H2,1-2H3,(H,26,27,28)/t21-/m0/s1. The number of hydrogen-bond acceptors (Lipinski definition) is 5. The largest absolute Gasteiger partial charge is 0.381 e. The molecule has 1 aliphatic heterocycles. The van der Waals surface area contributed by atoms with E-state index in [9.17, 15) is 4.39 Å². The fourth-order valence-corrected chi connectivity index (χ4v) is 4.21. The van der Waals surface area contributed by atoms with E-state index in [2.05, 4.69) is 25.3 Å². The van der Waals surface area contributed by atoms with Crippen LogP contribution in [0.3, 0.4) is 0 Å². The number of ether oxygens (including phenoxy) is 1. The number of rotatable bonds is 4. The van der Waals surface area contributed by atoms with Crippen LogP contribution in [0.2, 0.25) is 0 Å². The summed E-state index contributed by atoms with van der Waals surface area (Å²) in [5, 5.41) is 11.8. The molecule has 0 saturated carbocycles. The first-order valence-corrected chi connectivity index (χ1v) is 9.79. The molecule has 1 N–H and O–H groups in total. The molecule has 7 nitrogen and oxygen atoms in total. The summed E-state index contributed by atoms with van der Waals surface area (Å²) in [5.74, 6) is -1.01. The van der Waals surface area contributed by atoms with Gasteiger partial charge in [-0.1, -0.05) is 0 Å². The van der Waals surface area contributed by atoms with Gasteiger partial charge in [0, 0.05) is 29.3 Å². The van der Waals surface area contributed by atoms with Crippen molar-refractivity contribution >= 4 is 11.0 Å². The van der Waals surface area contributed by atoms with Gasteiger partial charge in [0.1, 0.15) is 11.5 Å². The topological polar surface area (TPSA) is 81.5 Å². The van der Waals surface area contributed by atoms with Crippen LogP contribution < -0.4 is 0 Å². The van der Waals surface area contributed by atoms with Crippen LogP contribution in [0.15, 0.2) is 24.5 Å². The van der Waals surface area contributed by atoms with Crippen LogP contribution in [0.25, 0.3) is 33.5 Å². The quantitative estimate of drug-likeness (QED) is 0.535. The second-order valence-electron chi connectivity index (χ2n) is 7.79. The summed E-state index contributed by atoms with van der Waals surface area (Å²) in [7, 11) is 1.45. The minimum Gasteiger partial charge on any atom is -0.381 e. The summed E-state index contributed by atoms with van der Waals surface area (Å²) in [6.45, 7) is 1.46. The molecule has 1 atom stereocenters. The predicted octanol–water partition coefficient (Wildman–Crippen LogP) is 3.77. The van der Waals surface area contributed by atoms with Crippen molar-refractivity contribution in [1.82, 2.24) is 29.9 Å². The molecule has 160 valence electrons. The number of fused-ring (bicyclic) bond motifs is 2. The number of alkyl halides is 1. The van der Waals surface area contributed by atoms with Gasteiger partial charge in [-0.05, 0) is 31.9 Å². The van der Waals surface area contributed by atoms with Crippen molar-refractivity contribution in [2.75, 3.05) is 13.7 Å². The third-order valence-corrected chi connectivity index (χ3v) is 5.63. The molecular weight excluding hydrogens is 409 g/mol. The van der Waals surface area contributed by atoms with E-state index < -0.39 is 17.3 Å². The zero-order valence-electron chi connectivity index (χ0n) is 16.9. The Morgan fingerprint density at radius 3 is 2.81 bits per heavy atom. The Hall–Kier alpha value is -3.27. The van der Waals surface area contributed by atoms with Gasteiger partial charge in [-0.25, -0.2) is 18.2 Å². The van der Waals surface area contributed by atoms with Gasteiger partial charge in [-0.15, -0.1) is 0 Å². The summed E-state index contributed by atoms with van der Waals surface area (Å²) in [5.41, 5.74) is 1.20. The molecule has 1 aliphatic rings. The number of methoxy groups -OCH3 is 1. The highest BCUT2D eigenvalue weighted by molar-refractivity contribution is 5.97. The van der Waals surface area contributed by atoms with Gasteiger partial charge in [0.05, 0.1) is 36.9 Å². The molecule has 4 aromatic rings. The van der Waals surface area contributed by atoms with Crippen LogP contribution in [0.5, 0.6) is 0 Å². The summed E-state index contributed by atoms with van der Waals surface area (Å²) in [6.07, 6.45) is 3.10. The number of aryl methyl sites for hydroxylation is 1. The van der Waals surface area contributed by atoms with Gasteiger partial charge < -0.3 is 4.74 Å². The molecule has 0 aliphatic carbocycles. The minimum atomic E-state index is -1.59. The number of nitrogens with zero attached hydrogens (tertiary/aromatic N) is 5. The van der Waals surface area contributed by atoms with Crippen molar-refractivity contribution in [3.63, 3.8) is 0 Å². The van der Waals surface area contributed by atoms with Gasteiger partial charge in [0.25, 0.3) is 0 Å². The van der Waals surface area contributed by atoms with Gasteiger partial charge in [0.2, 0.25) is 0 Å². The number of halogens is 3. The number of H-pyrrole nitrogens is 1. The van der Waals surface area contributed by atoms with Crippen LogP contribution in [0.1, 0.15) is 17.8 Å². The molecule has 31 heavy (non-hydrogen) atoms. The fourth-order valence-electron chi connectivity index (χ4n) is 4.21. The Morgan fingerprint density at radius 2 is 2.06 bits per heavy atom. The highest BCUT2D eigenvalue weighted by Gasteiger charge is 2.38. The molecule has 10 heteroatoms. The first-order chi connectivity index (χ1) is 14.9. The zero-order valence-corrected chi connectivity index (χ0v) is 16.9. The summed E-state index contributed by atoms with van der Waals surface area (Å²) >= 11 is 0. The third-order valence-electron chi connectivity index (χ3n) is 5.63. The maximum absolute atomic E-state index is 15.5. The van der Waals surface area contributed by atoms with E-state index in [-0.39, 0.29) is 30.8 Å². The fraction of sp³-hybridized carbons (Fsp3) is 0.333. The molecule has 0 radical (unpaired) electrons. The van der Waals surface area contributed by atoms with E-state index in [4.69, 9.17) is 4.74 Å². The first-order valence-electron chi connectivity index (χ1n) is 9.79. The van der Waals surface area contributed by atoms with Crippen molar-refractivity contribution in [2.45, 2.75) is 32.0 Å². The normalized spacial score (nSPS) is 18.5. The van der Waals surface area contributed by atoms with Crippen molar-refractivity contribution < 1.29 is 17.9 Å². The molecule has 0 amide bonds. The van der Waals surface area contributed by atoms with Crippen LogP contribution in [0.4, 0.5) is 13.2 Å². The van der Waals surface area contributed by atoms with Crippen molar-refractivity contribution in [2.24, 2.45) is 0 Å². The van der Waals surface area contributed by atoms with Crippen LogP contribution in [-0.2, 0) is 17.7 Å². The maximum Gasteiger partial charge on any atom is 0.156 e. The molecule has 4 aromatic heterocycles. The van der Waals surface area contributed by atoms with Crippen LogP contribution in [-0.4, -0.2) is 49.3 Å². The van der Waals surface area contributed by atoms with Crippen molar-refractivity contribution in [1.29, 1.82) is 0 Å². The summed E-state index contributed by atoms with van der Waals surface area (Å²) < 4.78 is 50.8. The number of aromatic amines is 1. The number of nitrogens with one attached hydrogen (secondary N) is 1. The predicted molar refractivity (Wildman–Crippen MR) is 107 cm³/mol. The highest BCUT2D eigenvalue weighted by atomic mass is 19.1. The second kappa shape index (κ2) is 7.16. The molecule has 0 unspecified atom stereocenters. The molecule has 0 aromatic carbocycles. The van der Waals surface area contributed by atoms with Crippen molar-refractivity contribution in [3.05, 3.63) is 47.5 Å². The number of hydrogen-bond donors (Lipinski definition) is 1. The first kappa shape index (κ1) is 19.7. The van der Waals surface area contributed by atoms with E-state index in [0.717, 1.165) is 6.20 Å². The second-order valence-corrected chi connectivity index (χ2v) is 7.79. The van der Waals surface area contributed by atoms with E-state index in [0.29, 0.717) is 40.1 Å². The minimum absolute atomic E-state index is 0.0371. The van der Waals surface area contributed by atoms with E-state index in [1.807, 2.05) is 0 Å². The Labute approximate surface area is 175 Å². The van der Waals surface area contributed by atoms with Crippen LogP contribution >= 0.6 is 0 Å². The number of pyridine rings is 2. The Balaban J connectivity index is 1.80. The third kappa shape index (κ3) is 3.18. The average Bonchev–Trinajstić information content (AvgIpc) is 3.33. The van der Waals surface area contributed by atoms with Gasteiger partial charge in [0.15, 0.2) is 17.1 Å².